The lowest BCUT2D eigenvalue weighted by Gasteiger charge is -2.32. The van der Waals surface area contributed by atoms with Crippen molar-refractivity contribution in [3.8, 4) is 11.5 Å². The summed E-state index contributed by atoms with van der Waals surface area (Å²) in [5.74, 6) is 1.00. The Hall–Kier alpha value is -6.04. The maximum atomic E-state index is 14.6. The van der Waals surface area contributed by atoms with E-state index in [2.05, 4.69) is 30.9 Å². The highest BCUT2D eigenvalue weighted by Crippen LogP contribution is 2.45. The van der Waals surface area contributed by atoms with Crippen LogP contribution in [0.5, 0.6) is 11.5 Å². The molecule has 0 saturated heterocycles. The maximum absolute atomic E-state index is 14.6. The molecule has 2 atom stereocenters. The van der Waals surface area contributed by atoms with Crippen LogP contribution in [0, 0.1) is 0 Å². The van der Waals surface area contributed by atoms with Crippen molar-refractivity contribution in [3.63, 3.8) is 0 Å². The highest BCUT2D eigenvalue weighted by Gasteiger charge is 2.54. The van der Waals surface area contributed by atoms with Gasteiger partial charge in [-0.2, -0.15) is 0 Å². The van der Waals surface area contributed by atoms with E-state index in [4.69, 9.17) is 29.8 Å². The second-order valence-electron chi connectivity index (χ2n) is 11.0. The number of benzene rings is 4. The summed E-state index contributed by atoms with van der Waals surface area (Å²) in [5, 5.41) is 16.8. The number of nitrogens with zero attached hydrogens (tertiary/aromatic N) is 7. The molecule has 0 unspecified atom stereocenters. The van der Waals surface area contributed by atoms with Gasteiger partial charge in [-0.3, -0.25) is 10.2 Å². The Morgan fingerprint density at radius 3 is 2.39 bits per heavy atom. The van der Waals surface area contributed by atoms with E-state index in [1.54, 1.807) is 55.6 Å². The van der Waals surface area contributed by atoms with Crippen LogP contribution in [-0.4, -0.2) is 42.8 Å². The first-order valence-corrected chi connectivity index (χ1v) is 15.5. The Kier molecular flexibility index (Phi) is 11.7. The number of rotatable bonds is 16. The minimum Gasteiger partial charge on any atom is -0.497 e. The molecule has 5 rings (SSSR count). The summed E-state index contributed by atoms with van der Waals surface area (Å²) in [5.41, 5.74) is 26.4. The van der Waals surface area contributed by atoms with E-state index in [0.717, 1.165) is 5.56 Å². The Bertz CT molecular complexity index is 1870. The van der Waals surface area contributed by atoms with Gasteiger partial charge in [-0.1, -0.05) is 70.9 Å². The average Bonchev–Trinajstić information content (AvgIpc) is 3.52. The van der Waals surface area contributed by atoms with Crippen molar-refractivity contribution in [1.82, 2.24) is 10.9 Å². The quantitative estimate of drug-likeness (QED) is 0.0401. The molecular weight excluding hydrogens is 626 g/mol. The molecule has 14 heteroatoms. The van der Waals surface area contributed by atoms with Gasteiger partial charge in [0.25, 0.3) is 5.91 Å². The van der Waals surface area contributed by atoms with Crippen molar-refractivity contribution in [2.24, 2.45) is 15.2 Å². The molecule has 0 aliphatic carbocycles. The van der Waals surface area contributed by atoms with Crippen molar-refractivity contribution >= 4 is 17.5 Å². The van der Waals surface area contributed by atoms with Crippen LogP contribution in [0.4, 0.5) is 5.69 Å². The Morgan fingerprint density at radius 1 is 0.959 bits per heavy atom. The molecule has 250 valence electrons. The number of aliphatic imine (C=N–C) groups is 1. The molecule has 0 aromatic heterocycles. The number of nitrogens with one attached hydrogen (secondary N) is 2. The van der Waals surface area contributed by atoms with E-state index < -0.39 is 17.6 Å². The van der Waals surface area contributed by atoms with Crippen LogP contribution in [0.15, 0.2) is 112 Å². The zero-order valence-electron chi connectivity index (χ0n) is 26.8. The number of ether oxygens (including phenoxy) is 3. The maximum Gasteiger partial charge on any atom is 0.266 e. The van der Waals surface area contributed by atoms with Crippen LogP contribution in [0.25, 0.3) is 20.9 Å². The molecule has 0 saturated carbocycles. The number of methoxy groups -OCH3 is 1. The minimum absolute atomic E-state index is 0.0204. The number of hydrogen-bond donors (Lipinski definition) is 3. The van der Waals surface area contributed by atoms with Crippen molar-refractivity contribution in [3.05, 3.63) is 146 Å². The normalized spacial score (nSPS) is 16.4. The van der Waals surface area contributed by atoms with Crippen molar-refractivity contribution < 1.29 is 24.1 Å². The van der Waals surface area contributed by atoms with Gasteiger partial charge in [-0.05, 0) is 64.2 Å². The van der Waals surface area contributed by atoms with Gasteiger partial charge in [0.1, 0.15) is 11.5 Å². The summed E-state index contributed by atoms with van der Waals surface area (Å²) in [4.78, 5) is 25.6. The van der Waals surface area contributed by atoms with E-state index in [0.29, 0.717) is 53.3 Å². The standard InChI is InChI=1S/C35H35N9O5/c1-47-28-15-11-24(12-16-28)22-38-42-34(46)35(21-26-7-2-3-8-27(26)23-39-43-36)32(30-9-4-5-10-31(30)41-44-37)49-33(40-35)25-13-17-29(18-14-25)48-20-6-19-45/h2-5,7-18,32,38,45H,6,19-23H2,1H3,(H,42,46)/t32-,35-/m0/s1. The third-order valence-corrected chi connectivity index (χ3v) is 7.94. The molecule has 1 amide bonds. The number of aliphatic hydroxyl groups is 1. The highest BCUT2D eigenvalue weighted by atomic mass is 16.5. The van der Waals surface area contributed by atoms with Gasteiger partial charge in [0.2, 0.25) is 5.90 Å². The fourth-order valence-corrected chi connectivity index (χ4v) is 5.47. The fraction of sp³-hybridized carbons (Fsp3) is 0.257. The number of aliphatic hydroxyl groups excluding tert-OH is 1. The lowest BCUT2D eigenvalue weighted by molar-refractivity contribution is -0.130. The monoisotopic (exact) mass is 661 g/mol. The molecule has 0 radical (unpaired) electrons. The summed E-state index contributed by atoms with van der Waals surface area (Å²) in [6.07, 6.45) is -0.504. The molecular formula is C35H35N9O5. The van der Waals surface area contributed by atoms with Crippen molar-refractivity contribution in [2.45, 2.75) is 37.6 Å². The van der Waals surface area contributed by atoms with Crippen LogP contribution >= 0.6 is 0 Å². The van der Waals surface area contributed by atoms with Gasteiger partial charge in [0.15, 0.2) is 11.6 Å². The Labute approximate surface area is 282 Å². The van der Waals surface area contributed by atoms with E-state index in [1.165, 1.54) is 0 Å². The molecule has 49 heavy (non-hydrogen) atoms. The topological polar surface area (TPSA) is 199 Å². The first-order chi connectivity index (χ1) is 24.0. The number of hydrogen-bond acceptors (Lipinski definition) is 9. The molecule has 4 aromatic rings. The molecule has 0 bridgehead atoms. The van der Waals surface area contributed by atoms with Gasteiger partial charge in [0, 0.05) is 52.6 Å². The Balaban J connectivity index is 1.59. The molecule has 3 N–H and O–H groups in total. The summed E-state index contributed by atoms with van der Waals surface area (Å²) in [7, 11) is 1.59. The number of hydrazine groups is 1. The third kappa shape index (κ3) is 8.28. The van der Waals surface area contributed by atoms with E-state index in [-0.39, 0.29) is 31.2 Å². The number of carbonyl (C=O) groups is 1. The van der Waals surface area contributed by atoms with Gasteiger partial charge in [0.05, 0.1) is 20.3 Å². The van der Waals surface area contributed by atoms with Crippen molar-refractivity contribution in [1.29, 1.82) is 0 Å². The number of amides is 1. The molecule has 0 spiro atoms. The van der Waals surface area contributed by atoms with E-state index in [9.17, 15) is 10.3 Å². The van der Waals surface area contributed by atoms with Crippen molar-refractivity contribution in [2.75, 3.05) is 20.3 Å². The van der Waals surface area contributed by atoms with Crippen LogP contribution in [0.2, 0.25) is 0 Å². The second-order valence-corrected chi connectivity index (χ2v) is 11.0. The highest BCUT2D eigenvalue weighted by molar-refractivity contribution is 6.01. The summed E-state index contributed by atoms with van der Waals surface area (Å²) in [6, 6.07) is 28.7. The molecule has 14 nitrogen and oxygen atoms in total. The average molecular weight is 662 g/mol. The van der Waals surface area contributed by atoms with Gasteiger partial charge in [-0.25, -0.2) is 10.4 Å². The van der Waals surface area contributed by atoms with Gasteiger partial charge in [-0.15, -0.1) is 0 Å². The Morgan fingerprint density at radius 2 is 1.67 bits per heavy atom. The fourth-order valence-electron chi connectivity index (χ4n) is 5.47. The summed E-state index contributed by atoms with van der Waals surface area (Å²) < 4.78 is 17.5. The zero-order valence-corrected chi connectivity index (χ0v) is 26.8. The van der Waals surface area contributed by atoms with Crippen LogP contribution in [0.3, 0.4) is 0 Å². The van der Waals surface area contributed by atoms with Gasteiger partial charge < -0.3 is 19.3 Å². The lowest BCUT2D eigenvalue weighted by Crippen LogP contribution is -2.53. The lowest BCUT2D eigenvalue weighted by atomic mass is 9.80. The van der Waals surface area contributed by atoms with Crippen LogP contribution in [-0.2, 0) is 29.0 Å². The first kappa shape index (κ1) is 34.3. The molecule has 0 fully saturated rings. The zero-order chi connectivity index (χ0) is 34.5. The summed E-state index contributed by atoms with van der Waals surface area (Å²) >= 11 is 0. The molecule has 1 aliphatic rings. The number of azide groups is 2. The summed E-state index contributed by atoms with van der Waals surface area (Å²) in [6.45, 7) is 0.740. The predicted molar refractivity (Wildman–Crippen MR) is 183 cm³/mol. The van der Waals surface area contributed by atoms with Gasteiger partial charge >= 0.3 is 0 Å². The predicted octanol–water partition coefficient (Wildman–Crippen LogP) is 6.53. The number of carbonyl (C=O) groups excluding carboxylic acids is 1. The van der Waals surface area contributed by atoms with Crippen LogP contribution in [0.1, 0.15) is 40.3 Å². The smallest absolute Gasteiger partial charge is 0.266 e. The third-order valence-electron chi connectivity index (χ3n) is 7.94. The van der Waals surface area contributed by atoms with E-state index >= 15 is 0 Å². The molecule has 1 aliphatic heterocycles. The first-order valence-electron chi connectivity index (χ1n) is 15.5. The largest absolute Gasteiger partial charge is 0.497 e. The van der Waals surface area contributed by atoms with E-state index in [1.807, 2.05) is 48.5 Å². The molecule has 1 heterocycles. The van der Waals surface area contributed by atoms with Crippen LogP contribution < -0.4 is 20.3 Å². The molecule has 4 aromatic carbocycles. The minimum atomic E-state index is -1.63. The second kappa shape index (κ2) is 16.7. The SMILES string of the molecule is COc1ccc(CNNC(=O)[C@@]2(Cc3ccccc3CN=[N+]=[N-])N=C(c3ccc(OCCCO)cc3)O[C@H]2c2ccccc2N=[N+]=[N-])cc1.